The molecule has 1 rings (SSSR count). The zero-order valence-electron chi connectivity index (χ0n) is 5.38. The number of likely N-dealkylation sites (tertiary alicyclic amines) is 1. The predicted molar refractivity (Wildman–Crippen MR) is 31.6 cm³/mol. The highest BCUT2D eigenvalue weighted by molar-refractivity contribution is 4.77. The molecule has 0 unspecified atom stereocenters. The van der Waals surface area contributed by atoms with Gasteiger partial charge in [0.25, 0.3) is 0 Å². The van der Waals surface area contributed by atoms with Crippen LogP contribution in [0.1, 0.15) is 6.42 Å². The van der Waals surface area contributed by atoms with Gasteiger partial charge in [0.05, 0.1) is 6.10 Å². The number of rotatable bonds is 1. The third-order valence-electron chi connectivity index (χ3n) is 1.66. The molecule has 4 N–H and O–H groups in total. The molecule has 1 aliphatic heterocycles. The third-order valence-corrected chi connectivity index (χ3v) is 1.66. The lowest BCUT2D eigenvalue weighted by Crippen LogP contribution is -2.41. The minimum atomic E-state index is -1.67. The number of hydrogen-bond donors (Lipinski definition) is 4. The summed E-state index contributed by atoms with van der Waals surface area (Å²) in [5, 5.41) is 35.0. The monoisotopic (exact) mass is 149 g/mol. The van der Waals surface area contributed by atoms with Crippen molar-refractivity contribution in [3.8, 4) is 0 Å². The molecule has 60 valence electrons. The Hall–Kier alpha value is -0.200. The van der Waals surface area contributed by atoms with Gasteiger partial charge in [-0.1, -0.05) is 0 Å². The van der Waals surface area contributed by atoms with Crippen molar-refractivity contribution < 1.29 is 20.4 Å². The number of hydrogen-bond acceptors (Lipinski definition) is 5. The van der Waals surface area contributed by atoms with Gasteiger partial charge < -0.3 is 20.4 Å². The Balaban J connectivity index is 2.49. The minimum absolute atomic E-state index is 0.306. The standard InChI is InChI=1S/C5H11NO4/c7-3-1-2-6(4(3)8)5(9)10/h3-5,7-10H,1-2H2/t3-,4+/m1/s1. The van der Waals surface area contributed by atoms with Crippen LogP contribution in [0.4, 0.5) is 0 Å². The van der Waals surface area contributed by atoms with Crippen LogP contribution >= 0.6 is 0 Å². The fourth-order valence-corrected chi connectivity index (χ4v) is 1.04. The van der Waals surface area contributed by atoms with Crippen LogP contribution in [0.5, 0.6) is 0 Å². The van der Waals surface area contributed by atoms with Gasteiger partial charge in [-0.2, -0.15) is 0 Å². The first kappa shape index (κ1) is 7.90. The zero-order valence-corrected chi connectivity index (χ0v) is 5.38. The Labute approximate surface area is 58.1 Å². The van der Waals surface area contributed by atoms with E-state index in [2.05, 4.69) is 0 Å². The molecule has 0 aromatic rings. The van der Waals surface area contributed by atoms with Crippen molar-refractivity contribution in [2.75, 3.05) is 6.54 Å². The first-order chi connectivity index (χ1) is 4.63. The Morgan fingerprint density at radius 1 is 1.30 bits per heavy atom. The minimum Gasteiger partial charge on any atom is -0.389 e. The molecule has 1 heterocycles. The van der Waals surface area contributed by atoms with Crippen LogP contribution in [0.2, 0.25) is 0 Å². The lowest BCUT2D eigenvalue weighted by Gasteiger charge is -2.22. The summed E-state index contributed by atoms with van der Waals surface area (Å²) < 4.78 is 0. The van der Waals surface area contributed by atoms with E-state index in [1.807, 2.05) is 0 Å². The van der Waals surface area contributed by atoms with Gasteiger partial charge in [0.15, 0.2) is 0 Å². The molecule has 0 saturated carbocycles. The Morgan fingerprint density at radius 2 is 1.90 bits per heavy atom. The van der Waals surface area contributed by atoms with Crippen LogP contribution in [-0.2, 0) is 0 Å². The molecule has 0 radical (unpaired) electrons. The molecule has 0 aromatic carbocycles. The maximum absolute atomic E-state index is 8.98. The van der Waals surface area contributed by atoms with E-state index in [1.165, 1.54) is 0 Å². The summed E-state index contributed by atoms with van der Waals surface area (Å²) in [6.45, 7) is 0.306. The Kier molecular flexibility index (Phi) is 2.22. The molecular weight excluding hydrogens is 138 g/mol. The second-order valence-electron chi connectivity index (χ2n) is 2.35. The summed E-state index contributed by atoms with van der Waals surface area (Å²) in [6.07, 6.45) is -3.30. The molecule has 0 spiro atoms. The molecule has 2 atom stereocenters. The van der Waals surface area contributed by atoms with Crippen LogP contribution in [0.15, 0.2) is 0 Å². The quantitative estimate of drug-likeness (QED) is 0.313. The average Bonchev–Trinajstić information content (AvgIpc) is 2.14. The summed E-state index contributed by atoms with van der Waals surface area (Å²) in [5.41, 5.74) is 0. The van der Waals surface area contributed by atoms with E-state index >= 15 is 0 Å². The molecule has 5 nitrogen and oxygen atoms in total. The molecule has 1 saturated heterocycles. The van der Waals surface area contributed by atoms with Crippen LogP contribution in [0.25, 0.3) is 0 Å². The van der Waals surface area contributed by atoms with Gasteiger partial charge in [-0.3, -0.25) is 0 Å². The fraction of sp³-hybridized carbons (Fsp3) is 1.00. The molecule has 10 heavy (non-hydrogen) atoms. The van der Waals surface area contributed by atoms with Crippen LogP contribution in [0.3, 0.4) is 0 Å². The van der Waals surface area contributed by atoms with E-state index in [-0.39, 0.29) is 0 Å². The Morgan fingerprint density at radius 3 is 2.10 bits per heavy atom. The largest absolute Gasteiger partial charge is 0.389 e. The highest BCUT2D eigenvalue weighted by Crippen LogP contribution is 2.16. The Bertz CT molecular complexity index is 118. The second kappa shape index (κ2) is 2.81. The smallest absolute Gasteiger partial charge is 0.215 e. The van der Waals surface area contributed by atoms with Gasteiger partial charge in [-0.25, -0.2) is 4.90 Å². The van der Waals surface area contributed by atoms with Gasteiger partial charge in [0, 0.05) is 6.54 Å². The van der Waals surface area contributed by atoms with E-state index in [0.717, 1.165) is 4.90 Å². The summed E-state index contributed by atoms with van der Waals surface area (Å²) in [7, 11) is 0. The maximum Gasteiger partial charge on any atom is 0.215 e. The lowest BCUT2D eigenvalue weighted by molar-refractivity contribution is -0.202. The molecule has 1 aliphatic rings. The van der Waals surface area contributed by atoms with E-state index in [9.17, 15) is 0 Å². The SMILES string of the molecule is OC(O)N1CC[C@@H](O)[C@@H]1O. The maximum atomic E-state index is 8.98. The first-order valence-corrected chi connectivity index (χ1v) is 3.11. The molecule has 0 aliphatic carbocycles. The van der Waals surface area contributed by atoms with Crippen molar-refractivity contribution in [2.24, 2.45) is 0 Å². The third kappa shape index (κ3) is 1.28. The summed E-state index contributed by atoms with van der Waals surface area (Å²) in [5.74, 6) is 0. The number of aliphatic hydroxyl groups excluding tert-OH is 3. The van der Waals surface area contributed by atoms with Crippen molar-refractivity contribution in [1.82, 2.24) is 4.90 Å². The normalized spacial score (nSPS) is 35.7. The summed E-state index contributed by atoms with van der Waals surface area (Å²) >= 11 is 0. The van der Waals surface area contributed by atoms with Gasteiger partial charge in [-0.05, 0) is 6.42 Å². The first-order valence-electron chi connectivity index (χ1n) is 3.11. The molecule has 5 heteroatoms. The molecular formula is C5H11NO4. The van der Waals surface area contributed by atoms with Crippen molar-refractivity contribution in [2.45, 2.75) is 25.2 Å². The van der Waals surface area contributed by atoms with Crippen LogP contribution in [-0.4, -0.2) is 50.6 Å². The molecule has 0 aromatic heterocycles. The van der Waals surface area contributed by atoms with E-state index in [0.29, 0.717) is 13.0 Å². The molecule has 1 fully saturated rings. The number of aliphatic hydroxyl groups is 4. The lowest BCUT2D eigenvalue weighted by atomic mass is 10.3. The zero-order chi connectivity index (χ0) is 7.72. The van der Waals surface area contributed by atoms with Crippen molar-refractivity contribution >= 4 is 0 Å². The van der Waals surface area contributed by atoms with Crippen molar-refractivity contribution in [3.63, 3.8) is 0 Å². The highest BCUT2D eigenvalue weighted by atomic mass is 16.5. The van der Waals surface area contributed by atoms with Crippen molar-refractivity contribution in [1.29, 1.82) is 0 Å². The topological polar surface area (TPSA) is 84.2 Å². The van der Waals surface area contributed by atoms with Crippen LogP contribution in [0, 0.1) is 0 Å². The second-order valence-corrected chi connectivity index (χ2v) is 2.35. The summed E-state index contributed by atoms with van der Waals surface area (Å²) in [4.78, 5) is 1.00. The molecule has 0 bridgehead atoms. The van der Waals surface area contributed by atoms with Gasteiger partial charge in [-0.15, -0.1) is 0 Å². The van der Waals surface area contributed by atoms with Crippen LogP contribution < -0.4 is 0 Å². The van der Waals surface area contributed by atoms with E-state index in [4.69, 9.17) is 20.4 Å². The predicted octanol–water partition coefficient (Wildman–Crippen LogP) is -2.36. The van der Waals surface area contributed by atoms with E-state index < -0.39 is 18.7 Å². The number of nitrogens with zero attached hydrogens (tertiary/aromatic N) is 1. The van der Waals surface area contributed by atoms with E-state index in [1.54, 1.807) is 0 Å². The fourth-order valence-electron chi connectivity index (χ4n) is 1.04. The van der Waals surface area contributed by atoms with Crippen molar-refractivity contribution in [3.05, 3.63) is 0 Å². The highest BCUT2D eigenvalue weighted by Gasteiger charge is 2.34. The van der Waals surface area contributed by atoms with Gasteiger partial charge in [0.1, 0.15) is 6.23 Å². The summed E-state index contributed by atoms with van der Waals surface area (Å²) in [6, 6.07) is 0. The van der Waals surface area contributed by atoms with Gasteiger partial charge >= 0.3 is 0 Å². The average molecular weight is 149 g/mol. The van der Waals surface area contributed by atoms with Gasteiger partial charge in [0.2, 0.25) is 6.41 Å². The molecule has 0 amide bonds.